The number of amides is 1. The van der Waals surface area contributed by atoms with E-state index in [-0.39, 0.29) is 17.8 Å². The van der Waals surface area contributed by atoms with Gasteiger partial charge in [-0.25, -0.2) is 4.79 Å². The average Bonchev–Trinajstić information content (AvgIpc) is 2.56. The number of carbonyl (C=O) groups excluding carboxylic acids is 3. The Bertz CT molecular complexity index is 777. The Hall–Kier alpha value is -2.89. The summed E-state index contributed by atoms with van der Waals surface area (Å²) >= 11 is 0. The molecule has 1 atom stereocenters. The van der Waals surface area contributed by atoms with E-state index in [9.17, 15) is 14.4 Å². The molecule has 0 aromatic heterocycles. The zero-order valence-electron chi connectivity index (χ0n) is 14.8. The predicted molar refractivity (Wildman–Crippen MR) is 94.1 cm³/mol. The van der Waals surface area contributed by atoms with Crippen LogP contribution in [-0.4, -0.2) is 29.8 Å². The van der Waals surface area contributed by atoms with Crippen LogP contribution in [0, 0.1) is 0 Å². The monoisotopic (exact) mass is 342 g/mol. The first-order valence-electron chi connectivity index (χ1n) is 8.01. The van der Waals surface area contributed by atoms with Crippen molar-refractivity contribution < 1.29 is 19.1 Å². The van der Waals surface area contributed by atoms with Crippen molar-refractivity contribution in [2.24, 2.45) is 5.73 Å². The molecule has 0 saturated heterocycles. The normalized spacial score (nSPS) is 20.2. The minimum Gasteiger partial charge on any atom is -0.462 e. The third-order valence-electron chi connectivity index (χ3n) is 4.38. The highest BCUT2D eigenvalue weighted by Crippen LogP contribution is 2.38. The number of hydrogen-bond acceptors (Lipinski definition) is 5. The summed E-state index contributed by atoms with van der Waals surface area (Å²) in [7, 11) is 0. The number of primary amides is 1. The van der Waals surface area contributed by atoms with E-state index in [2.05, 4.69) is 5.32 Å². The van der Waals surface area contributed by atoms with Gasteiger partial charge in [0.1, 0.15) is 0 Å². The SMILES string of the molecule is CCOC(=O)C1=C(C)[C@](C(C)=O)(C(N)=O)NC(C)=C1c1ccccc1. The standard InChI is InChI=1S/C19H22N2O4/c1-5-25-17(23)15-11(2)19(13(4)22,18(20)24)21-12(3)16(15)14-9-7-6-8-10-14/h6-10,21H,5H2,1-4H3,(H2,20,24)/t19-/m0/s1. The second-order valence-electron chi connectivity index (χ2n) is 5.88. The lowest BCUT2D eigenvalue weighted by atomic mass is 9.76. The summed E-state index contributed by atoms with van der Waals surface area (Å²) in [5.41, 5.74) is 6.10. The number of Topliss-reactive ketones (excluding diaryl/α,β-unsaturated/α-hetero) is 1. The van der Waals surface area contributed by atoms with Crippen LogP contribution in [0.3, 0.4) is 0 Å². The van der Waals surface area contributed by atoms with Gasteiger partial charge in [-0.3, -0.25) is 9.59 Å². The third kappa shape index (κ3) is 2.95. The molecule has 6 nitrogen and oxygen atoms in total. The molecule has 1 aliphatic heterocycles. The molecule has 25 heavy (non-hydrogen) atoms. The van der Waals surface area contributed by atoms with Crippen molar-refractivity contribution in [1.29, 1.82) is 0 Å². The summed E-state index contributed by atoms with van der Waals surface area (Å²) in [4.78, 5) is 37.2. The Kier molecular flexibility index (Phi) is 5.11. The molecule has 0 bridgehead atoms. The van der Waals surface area contributed by atoms with Gasteiger partial charge in [0, 0.05) is 11.3 Å². The van der Waals surface area contributed by atoms with Crippen molar-refractivity contribution in [2.45, 2.75) is 33.2 Å². The molecule has 3 N–H and O–H groups in total. The molecule has 0 unspecified atom stereocenters. The molecule has 0 spiro atoms. The van der Waals surface area contributed by atoms with Crippen molar-refractivity contribution >= 4 is 23.2 Å². The van der Waals surface area contributed by atoms with Gasteiger partial charge in [0.2, 0.25) is 0 Å². The van der Waals surface area contributed by atoms with Crippen molar-refractivity contribution in [3.05, 3.63) is 52.7 Å². The molecule has 0 fully saturated rings. The maximum atomic E-state index is 12.7. The number of nitrogens with two attached hydrogens (primary N) is 1. The maximum absolute atomic E-state index is 12.7. The van der Waals surface area contributed by atoms with Gasteiger partial charge in [0.25, 0.3) is 5.91 Å². The van der Waals surface area contributed by atoms with E-state index in [0.717, 1.165) is 5.56 Å². The minimum atomic E-state index is -1.76. The second kappa shape index (κ2) is 6.93. The lowest BCUT2D eigenvalue weighted by Crippen LogP contribution is -2.62. The number of benzene rings is 1. The van der Waals surface area contributed by atoms with Gasteiger partial charge in [-0.15, -0.1) is 0 Å². The van der Waals surface area contributed by atoms with Gasteiger partial charge < -0.3 is 15.8 Å². The zero-order valence-corrected chi connectivity index (χ0v) is 14.8. The van der Waals surface area contributed by atoms with Crippen LogP contribution < -0.4 is 11.1 Å². The number of nitrogens with one attached hydrogen (secondary N) is 1. The van der Waals surface area contributed by atoms with E-state index in [1.807, 2.05) is 30.3 Å². The molecule has 1 heterocycles. The van der Waals surface area contributed by atoms with E-state index in [0.29, 0.717) is 11.3 Å². The highest BCUT2D eigenvalue weighted by molar-refractivity contribution is 6.18. The van der Waals surface area contributed by atoms with Crippen LogP contribution in [0.25, 0.3) is 5.57 Å². The number of ketones is 1. The number of esters is 1. The van der Waals surface area contributed by atoms with Crippen molar-refractivity contribution in [1.82, 2.24) is 5.32 Å². The van der Waals surface area contributed by atoms with E-state index in [1.54, 1.807) is 20.8 Å². The molecule has 0 radical (unpaired) electrons. The molecular formula is C19H22N2O4. The molecule has 1 aliphatic rings. The Labute approximate surface area is 146 Å². The fourth-order valence-electron chi connectivity index (χ4n) is 3.20. The largest absolute Gasteiger partial charge is 0.462 e. The first-order valence-corrected chi connectivity index (χ1v) is 8.01. The fraction of sp³-hybridized carbons (Fsp3) is 0.316. The number of ether oxygens (including phenoxy) is 1. The molecular weight excluding hydrogens is 320 g/mol. The number of carbonyl (C=O) groups is 3. The number of allylic oxidation sites excluding steroid dienone is 1. The highest BCUT2D eigenvalue weighted by Gasteiger charge is 2.49. The molecule has 1 aromatic rings. The van der Waals surface area contributed by atoms with Crippen LogP contribution in [0.15, 0.2) is 47.2 Å². The Morgan fingerprint density at radius 1 is 1.16 bits per heavy atom. The van der Waals surface area contributed by atoms with Crippen LogP contribution in [0.5, 0.6) is 0 Å². The van der Waals surface area contributed by atoms with Crippen molar-refractivity contribution in [3.63, 3.8) is 0 Å². The smallest absolute Gasteiger partial charge is 0.338 e. The second-order valence-corrected chi connectivity index (χ2v) is 5.88. The molecule has 6 heteroatoms. The molecule has 1 aromatic carbocycles. The van der Waals surface area contributed by atoms with Gasteiger partial charge >= 0.3 is 5.97 Å². The maximum Gasteiger partial charge on any atom is 0.338 e. The van der Waals surface area contributed by atoms with Crippen LogP contribution in [0.2, 0.25) is 0 Å². The summed E-state index contributed by atoms with van der Waals surface area (Å²) in [5.74, 6) is -1.93. The van der Waals surface area contributed by atoms with E-state index < -0.39 is 23.2 Å². The lowest BCUT2D eigenvalue weighted by molar-refractivity contribution is -0.138. The summed E-state index contributed by atoms with van der Waals surface area (Å²) in [6.07, 6.45) is 0. The first-order chi connectivity index (χ1) is 11.8. The predicted octanol–water partition coefficient (Wildman–Crippen LogP) is 1.71. The van der Waals surface area contributed by atoms with Crippen LogP contribution in [0.1, 0.15) is 33.3 Å². The number of rotatable bonds is 5. The lowest BCUT2D eigenvalue weighted by Gasteiger charge is -2.38. The van der Waals surface area contributed by atoms with Gasteiger partial charge in [-0.1, -0.05) is 30.3 Å². The summed E-state index contributed by atoms with van der Waals surface area (Å²) in [6, 6.07) is 9.24. The van der Waals surface area contributed by atoms with Crippen LogP contribution in [0.4, 0.5) is 0 Å². The molecule has 2 rings (SSSR count). The summed E-state index contributed by atoms with van der Waals surface area (Å²) in [6.45, 7) is 6.40. The van der Waals surface area contributed by atoms with Crippen molar-refractivity contribution in [2.75, 3.05) is 6.61 Å². The van der Waals surface area contributed by atoms with Crippen molar-refractivity contribution in [3.8, 4) is 0 Å². The average molecular weight is 342 g/mol. The van der Waals surface area contributed by atoms with E-state index >= 15 is 0 Å². The van der Waals surface area contributed by atoms with E-state index in [4.69, 9.17) is 10.5 Å². The summed E-state index contributed by atoms with van der Waals surface area (Å²) in [5, 5.41) is 2.94. The molecule has 132 valence electrons. The number of hydrogen-bond donors (Lipinski definition) is 2. The Balaban J connectivity index is 2.81. The Morgan fingerprint density at radius 3 is 2.24 bits per heavy atom. The number of dihydropyridines is 1. The molecule has 0 aliphatic carbocycles. The topological polar surface area (TPSA) is 98.5 Å². The van der Waals surface area contributed by atoms with Gasteiger partial charge in [-0.05, 0) is 38.8 Å². The zero-order chi connectivity index (χ0) is 18.8. The molecule has 0 saturated carbocycles. The van der Waals surface area contributed by atoms with Crippen LogP contribution in [-0.2, 0) is 19.1 Å². The third-order valence-corrected chi connectivity index (χ3v) is 4.38. The fourth-order valence-corrected chi connectivity index (χ4v) is 3.20. The van der Waals surface area contributed by atoms with Gasteiger partial charge in [0.15, 0.2) is 11.3 Å². The first kappa shape index (κ1) is 18.4. The van der Waals surface area contributed by atoms with Gasteiger partial charge in [0.05, 0.1) is 12.2 Å². The van der Waals surface area contributed by atoms with E-state index in [1.165, 1.54) is 6.92 Å². The van der Waals surface area contributed by atoms with Crippen LogP contribution >= 0.6 is 0 Å². The minimum absolute atomic E-state index is 0.174. The summed E-state index contributed by atoms with van der Waals surface area (Å²) < 4.78 is 5.18. The highest BCUT2D eigenvalue weighted by atomic mass is 16.5. The molecule has 1 amide bonds. The Morgan fingerprint density at radius 2 is 1.76 bits per heavy atom. The quantitative estimate of drug-likeness (QED) is 0.627. The van der Waals surface area contributed by atoms with Gasteiger partial charge in [-0.2, -0.15) is 0 Å².